The lowest BCUT2D eigenvalue weighted by molar-refractivity contribution is 0.742. The minimum atomic E-state index is 0.354. The number of anilines is 2. The number of aromatic nitrogens is 2. The molecule has 5 heteroatoms. The highest BCUT2D eigenvalue weighted by Gasteiger charge is 2.12. The van der Waals surface area contributed by atoms with E-state index in [0.717, 1.165) is 12.4 Å². The van der Waals surface area contributed by atoms with Crippen molar-refractivity contribution in [2.24, 2.45) is 0 Å². The number of rotatable bonds is 4. The van der Waals surface area contributed by atoms with Crippen LogP contribution in [0.25, 0.3) is 0 Å². The van der Waals surface area contributed by atoms with Crippen LogP contribution in [-0.2, 0) is 0 Å². The third-order valence-corrected chi connectivity index (χ3v) is 2.44. The summed E-state index contributed by atoms with van der Waals surface area (Å²) >= 11 is 6.04. The van der Waals surface area contributed by atoms with Gasteiger partial charge in [0.2, 0.25) is 5.95 Å². The Morgan fingerprint density at radius 2 is 2.20 bits per heavy atom. The van der Waals surface area contributed by atoms with E-state index in [9.17, 15) is 0 Å². The van der Waals surface area contributed by atoms with Crippen molar-refractivity contribution >= 4 is 23.4 Å². The molecule has 4 nitrogen and oxygen atoms in total. The van der Waals surface area contributed by atoms with Crippen LogP contribution in [0.3, 0.4) is 0 Å². The normalized spacial score (nSPS) is 10.5. The zero-order valence-corrected chi connectivity index (χ0v) is 10.3. The molecule has 0 aliphatic heterocycles. The van der Waals surface area contributed by atoms with Gasteiger partial charge in [0.15, 0.2) is 5.82 Å². The molecule has 15 heavy (non-hydrogen) atoms. The fourth-order valence-electron chi connectivity index (χ4n) is 1.09. The molecular formula is C10H17ClN4. The van der Waals surface area contributed by atoms with E-state index >= 15 is 0 Å². The average Bonchev–Trinajstić information content (AvgIpc) is 2.20. The number of nitrogens with zero attached hydrogens (tertiary/aromatic N) is 3. The Kier molecular flexibility index (Phi) is 4.15. The smallest absolute Gasteiger partial charge is 0.224 e. The van der Waals surface area contributed by atoms with Gasteiger partial charge in [0.05, 0.1) is 6.20 Å². The maximum Gasteiger partial charge on any atom is 0.224 e. The van der Waals surface area contributed by atoms with Gasteiger partial charge < -0.3 is 10.2 Å². The first-order chi connectivity index (χ1) is 7.06. The van der Waals surface area contributed by atoms with Crippen LogP contribution in [-0.4, -0.2) is 29.6 Å². The molecule has 0 aliphatic rings. The van der Waals surface area contributed by atoms with Gasteiger partial charge in [0.25, 0.3) is 0 Å². The molecule has 1 rings (SSSR count). The molecule has 0 unspecified atom stereocenters. The van der Waals surface area contributed by atoms with E-state index in [1.54, 1.807) is 6.20 Å². The Morgan fingerprint density at radius 1 is 1.53 bits per heavy atom. The highest BCUT2D eigenvalue weighted by atomic mass is 35.5. The summed E-state index contributed by atoms with van der Waals surface area (Å²) < 4.78 is 0. The van der Waals surface area contributed by atoms with E-state index in [0.29, 0.717) is 17.0 Å². The molecule has 0 amide bonds. The van der Waals surface area contributed by atoms with Crippen LogP contribution in [0.15, 0.2) is 6.20 Å². The van der Waals surface area contributed by atoms with Crippen LogP contribution in [0, 0.1) is 0 Å². The maximum atomic E-state index is 6.04. The molecule has 0 fully saturated rings. The van der Waals surface area contributed by atoms with Gasteiger partial charge in [-0.05, 0) is 20.8 Å². The molecule has 0 radical (unpaired) electrons. The SMILES string of the molecule is CCNc1ncc(Cl)c(N(C)C(C)C)n1. The number of hydrogen-bond acceptors (Lipinski definition) is 4. The Bertz CT molecular complexity index is 327. The van der Waals surface area contributed by atoms with Gasteiger partial charge in [-0.15, -0.1) is 0 Å². The van der Waals surface area contributed by atoms with Crippen molar-refractivity contribution in [3.8, 4) is 0 Å². The molecule has 0 spiro atoms. The summed E-state index contributed by atoms with van der Waals surface area (Å²) in [4.78, 5) is 10.5. The van der Waals surface area contributed by atoms with Crippen molar-refractivity contribution < 1.29 is 0 Å². The fraction of sp³-hybridized carbons (Fsp3) is 0.600. The van der Waals surface area contributed by atoms with Crippen molar-refractivity contribution in [2.75, 3.05) is 23.8 Å². The van der Waals surface area contributed by atoms with E-state index < -0.39 is 0 Å². The van der Waals surface area contributed by atoms with Crippen LogP contribution in [0.5, 0.6) is 0 Å². The lowest BCUT2D eigenvalue weighted by atomic mass is 10.3. The van der Waals surface area contributed by atoms with Crippen LogP contribution < -0.4 is 10.2 Å². The zero-order chi connectivity index (χ0) is 11.4. The van der Waals surface area contributed by atoms with Gasteiger partial charge in [-0.2, -0.15) is 4.98 Å². The highest BCUT2D eigenvalue weighted by Crippen LogP contribution is 2.23. The predicted molar refractivity (Wildman–Crippen MR) is 64.7 cm³/mol. The van der Waals surface area contributed by atoms with Gasteiger partial charge in [0.1, 0.15) is 5.02 Å². The lowest BCUT2D eigenvalue weighted by Crippen LogP contribution is -2.27. The Balaban J connectivity index is 2.99. The van der Waals surface area contributed by atoms with Crippen LogP contribution in [0.1, 0.15) is 20.8 Å². The van der Waals surface area contributed by atoms with Crippen molar-refractivity contribution in [2.45, 2.75) is 26.8 Å². The van der Waals surface area contributed by atoms with Crippen molar-refractivity contribution in [3.05, 3.63) is 11.2 Å². The molecular weight excluding hydrogens is 212 g/mol. The average molecular weight is 229 g/mol. The van der Waals surface area contributed by atoms with Gasteiger partial charge >= 0.3 is 0 Å². The van der Waals surface area contributed by atoms with E-state index in [4.69, 9.17) is 11.6 Å². The molecule has 0 saturated heterocycles. The predicted octanol–water partition coefficient (Wildman–Crippen LogP) is 2.41. The third-order valence-electron chi connectivity index (χ3n) is 2.17. The number of nitrogens with one attached hydrogen (secondary N) is 1. The molecule has 0 saturated carbocycles. The Hall–Kier alpha value is -1.03. The van der Waals surface area contributed by atoms with Gasteiger partial charge in [0, 0.05) is 19.6 Å². The summed E-state index contributed by atoms with van der Waals surface area (Å²) in [5.41, 5.74) is 0. The molecule has 1 heterocycles. The zero-order valence-electron chi connectivity index (χ0n) is 9.58. The van der Waals surface area contributed by atoms with E-state index in [1.807, 2.05) is 18.9 Å². The summed E-state index contributed by atoms with van der Waals surface area (Å²) in [5, 5.41) is 3.64. The number of halogens is 1. The van der Waals surface area contributed by atoms with E-state index in [-0.39, 0.29) is 0 Å². The van der Waals surface area contributed by atoms with Crippen LogP contribution in [0.2, 0.25) is 5.02 Å². The molecule has 0 aliphatic carbocycles. The second kappa shape index (κ2) is 5.16. The topological polar surface area (TPSA) is 41.1 Å². The summed E-state index contributed by atoms with van der Waals surface area (Å²) in [6.45, 7) is 6.98. The third kappa shape index (κ3) is 2.96. The minimum Gasteiger partial charge on any atom is -0.356 e. The number of hydrogen-bond donors (Lipinski definition) is 1. The van der Waals surface area contributed by atoms with Crippen LogP contribution >= 0.6 is 11.6 Å². The molecule has 1 N–H and O–H groups in total. The minimum absolute atomic E-state index is 0.354. The molecule has 1 aromatic heterocycles. The molecule has 0 bridgehead atoms. The Morgan fingerprint density at radius 3 is 2.73 bits per heavy atom. The first kappa shape index (κ1) is 12.0. The first-order valence-electron chi connectivity index (χ1n) is 5.05. The second-order valence-electron chi connectivity index (χ2n) is 3.60. The highest BCUT2D eigenvalue weighted by molar-refractivity contribution is 6.32. The fourth-order valence-corrected chi connectivity index (χ4v) is 1.32. The second-order valence-corrected chi connectivity index (χ2v) is 4.01. The van der Waals surface area contributed by atoms with E-state index in [1.165, 1.54) is 0 Å². The maximum absolute atomic E-state index is 6.04. The molecule has 0 aromatic carbocycles. The van der Waals surface area contributed by atoms with Gasteiger partial charge in [-0.25, -0.2) is 4.98 Å². The molecule has 0 atom stereocenters. The van der Waals surface area contributed by atoms with Gasteiger partial charge in [-0.1, -0.05) is 11.6 Å². The monoisotopic (exact) mass is 228 g/mol. The summed E-state index contributed by atoms with van der Waals surface area (Å²) in [6.07, 6.45) is 1.63. The Labute approximate surface area is 95.7 Å². The van der Waals surface area contributed by atoms with Crippen molar-refractivity contribution in [1.82, 2.24) is 9.97 Å². The first-order valence-corrected chi connectivity index (χ1v) is 5.43. The summed E-state index contributed by atoms with van der Waals surface area (Å²) in [5.74, 6) is 1.38. The lowest BCUT2D eigenvalue weighted by Gasteiger charge is -2.23. The summed E-state index contributed by atoms with van der Waals surface area (Å²) in [6, 6.07) is 0.354. The van der Waals surface area contributed by atoms with Crippen molar-refractivity contribution in [3.63, 3.8) is 0 Å². The van der Waals surface area contributed by atoms with E-state index in [2.05, 4.69) is 29.1 Å². The van der Waals surface area contributed by atoms with Crippen molar-refractivity contribution in [1.29, 1.82) is 0 Å². The standard InChI is InChI=1S/C10H17ClN4/c1-5-12-10-13-6-8(11)9(14-10)15(4)7(2)3/h6-7H,5H2,1-4H3,(H,12,13,14). The van der Waals surface area contributed by atoms with Gasteiger partial charge in [-0.3, -0.25) is 0 Å². The largest absolute Gasteiger partial charge is 0.356 e. The molecule has 84 valence electrons. The quantitative estimate of drug-likeness (QED) is 0.860. The molecule has 1 aromatic rings. The summed E-state index contributed by atoms with van der Waals surface area (Å²) in [7, 11) is 1.97. The van der Waals surface area contributed by atoms with Crippen LogP contribution in [0.4, 0.5) is 11.8 Å².